The van der Waals surface area contributed by atoms with Crippen LogP contribution in [-0.2, 0) is 4.79 Å². The van der Waals surface area contributed by atoms with E-state index in [0.29, 0.717) is 12.3 Å². The molecule has 0 saturated heterocycles. The summed E-state index contributed by atoms with van der Waals surface area (Å²) in [6, 6.07) is 0. The highest BCUT2D eigenvalue weighted by atomic mass is 16.4. The van der Waals surface area contributed by atoms with Crippen LogP contribution in [0.3, 0.4) is 0 Å². The number of aliphatic hydroxyl groups is 1. The van der Waals surface area contributed by atoms with Gasteiger partial charge in [0.1, 0.15) is 0 Å². The molecule has 3 heteroatoms. The minimum atomic E-state index is -1.06. The largest absolute Gasteiger partial charge is 0.481 e. The van der Waals surface area contributed by atoms with Crippen molar-refractivity contribution < 1.29 is 15.0 Å². The molecule has 2 rings (SSSR count). The third-order valence-corrected chi connectivity index (χ3v) is 5.74. The van der Waals surface area contributed by atoms with Gasteiger partial charge in [-0.3, -0.25) is 4.79 Å². The Balaban J connectivity index is 2.45. The number of aliphatic carboxylic acids is 1. The molecule has 18 heavy (non-hydrogen) atoms. The first-order valence-corrected chi connectivity index (χ1v) is 7.06. The molecule has 2 fully saturated rings. The number of carbonyl (C=O) groups is 1. The molecule has 0 radical (unpaired) electrons. The fourth-order valence-electron chi connectivity index (χ4n) is 5.07. The standard InChI is InChI=1S/C15H26O3/c1-13(2)7-5-8-14(3)10(13)6-9-15(4,18)11(14)12(16)17/h10-11,18H,5-9H2,1-4H3,(H,16,17)/t10?,11-,14+,15-/m1/s1. The van der Waals surface area contributed by atoms with E-state index in [0.717, 1.165) is 19.3 Å². The Hall–Kier alpha value is -0.570. The summed E-state index contributed by atoms with van der Waals surface area (Å²) in [4.78, 5) is 11.7. The van der Waals surface area contributed by atoms with Gasteiger partial charge in [-0.1, -0.05) is 27.2 Å². The van der Waals surface area contributed by atoms with E-state index in [4.69, 9.17) is 0 Å². The third-order valence-electron chi connectivity index (χ3n) is 5.74. The van der Waals surface area contributed by atoms with Crippen LogP contribution in [0.2, 0.25) is 0 Å². The van der Waals surface area contributed by atoms with Gasteiger partial charge in [0.05, 0.1) is 11.5 Å². The van der Waals surface area contributed by atoms with Crippen LogP contribution in [0.15, 0.2) is 0 Å². The highest BCUT2D eigenvalue weighted by Crippen LogP contribution is 2.61. The van der Waals surface area contributed by atoms with E-state index in [-0.39, 0.29) is 10.8 Å². The number of rotatable bonds is 1. The maximum atomic E-state index is 11.7. The Morgan fingerprint density at radius 2 is 1.72 bits per heavy atom. The second kappa shape index (κ2) is 3.96. The summed E-state index contributed by atoms with van der Waals surface area (Å²) in [5, 5.41) is 20.1. The molecule has 0 spiro atoms. The average Bonchev–Trinajstić information content (AvgIpc) is 2.12. The average molecular weight is 254 g/mol. The fraction of sp³-hybridized carbons (Fsp3) is 0.933. The second-order valence-corrected chi connectivity index (χ2v) is 7.57. The van der Waals surface area contributed by atoms with Crippen LogP contribution in [0.5, 0.6) is 0 Å². The topological polar surface area (TPSA) is 57.5 Å². The van der Waals surface area contributed by atoms with Crippen LogP contribution < -0.4 is 0 Å². The third kappa shape index (κ3) is 1.87. The van der Waals surface area contributed by atoms with Crippen molar-refractivity contribution in [3.8, 4) is 0 Å². The van der Waals surface area contributed by atoms with Gasteiger partial charge in [0, 0.05) is 0 Å². The molecule has 0 aliphatic heterocycles. The van der Waals surface area contributed by atoms with E-state index < -0.39 is 17.5 Å². The lowest BCUT2D eigenvalue weighted by Gasteiger charge is -2.59. The summed E-state index contributed by atoms with van der Waals surface area (Å²) in [6.45, 7) is 8.31. The molecule has 0 aromatic carbocycles. The first-order valence-electron chi connectivity index (χ1n) is 7.06. The van der Waals surface area contributed by atoms with Crippen molar-refractivity contribution in [2.24, 2.45) is 22.7 Å². The highest BCUT2D eigenvalue weighted by molar-refractivity contribution is 5.73. The Morgan fingerprint density at radius 3 is 2.28 bits per heavy atom. The zero-order chi connectivity index (χ0) is 13.8. The van der Waals surface area contributed by atoms with E-state index in [2.05, 4.69) is 20.8 Å². The van der Waals surface area contributed by atoms with Crippen molar-refractivity contribution in [2.75, 3.05) is 0 Å². The monoisotopic (exact) mass is 254 g/mol. The minimum absolute atomic E-state index is 0.192. The molecule has 2 aliphatic rings. The van der Waals surface area contributed by atoms with Crippen molar-refractivity contribution in [2.45, 2.75) is 65.4 Å². The lowest BCUT2D eigenvalue weighted by atomic mass is 9.45. The number of hydrogen-bond acceptors (Lipinski definition) is 2. The molecule has 3 nitrogen and oxygen atoms in total. The quantitative estimate of drug-likeness (QED) is 0.756. The van der Waals surface area contributed by atoms with Crippen LogP contribution >= 0.6 is 0 Å². The molecule has 104 valence electrons. The van der Waals surface area contributed by atoms with Crippen LogP contribution in [0, 0.1) is 22.7 Å². The Labute approximate surface area is 110 Å². The molecule has 0 amide bonds. The van der Waals surface area contributed by atoms with Gasteiger partial charge in [-0.25, -0.2) is 0 Å². The molecule has 0 bridgehead atoms. The molecular weight excluding hydrogens is 228 g/mol. The normalized spacial score (nSPS) is 47.4. The van der Waals surface area contributed by atoms with Gasteiger partial charge in [0.15, 0.2) is 0 Å². The summed E-state index contributed by atoms with van der Waals surface area (Å²) in [7, 11) is 0. The molecule has 4 atom stereocenters. The van der Waals surface area contributed by atoms with Gasteiger partial charge >= 0.3 is 5.97 Å². The Bertz CT molecular complexity index is 359. The first-order chi connectivity index (χ1) is 8.11. The van der Waals surface area contributed by atoms with Crippen LogP contribution in [0.4, 0.5) is 0 Å². The van der Waals surface area contributed by atoms with Crippen molar-refractivity contribution in [3.63, 3.8) is 0 Å². The number of carboxylic acids is 1. The molecule has 0 aromatic rings. The molecule has 2 N–H and O–H groups in total. The molecule has 2 saturated carbocycles. The van der Waals surface area contributed by atoms with Crippen molar-refractivity contribution in [3.05, 3.63) is 0 Å². The summed E-state index contributed by atoms with van der Waals surface area (Å²) in [5.41, 5.74) is -1.14. The lowest BCUT2D eigenvalue weighted by Crippen LogP contribution is -2.60. The van der Waals surface area contributed by atoms with E-state index in [9.17, 15) is 15.0 Å². The van der Waals surface area contributed by atoms with Gasteiger partial charge in [-0.05, 0) is 49.4 Å². The van der Waals surface area contributed by atoms with Crippen molar-refractivity contribution in [1.29, 1.82) is 0 Å². The Morgan fingerprint density at radius 1 is 1.11 bits per heavy atom. The number of hydrogen-bond donors (Lipinski definition) is 2. The predicted octanol–water partition coefficient (Wildman–Crippen LogP) is 3.06. The van der Waals surface area contributed by atoms with Gasteiger partial charge in [0.2, 0.25) is 0 Å². The predicted molar refractivity (Wildman–Crippen MR) is 70.2 cm³/mol. The summed E-state index contributed by atoms with van der Waals surface area (Å²) < 4.78 is 0. The first kappa shape index (κ1) is 13.9. The summed E-state index contributed by atoms with van der Waals surface area (Å²) >= 11 is 0. The smallest absolute Gasteiger partial charge is 0.309 e. The minimum Gasteiger partial charge on any atom is -0.481 e. The second-order valence-electron chi connectivity index (χ2n) is 7.57. The van der Waals surface area contributed by atoms with E-state index >= 15 is 0 Å². The van der Waals surface area contributed by atoms with Gasteiger partial charge in [0.25, 0.3) is 0 Å². The fourth-order valence-corrected chi connectivity index (χ4v) is 5.07. The van der Waals surface area contributed by atoms with Gasteiger partial charge in [-0.15, -0.1) is 0 Å². The Kier molecular flexibility index (Phi) is 3.05. The van der Waals surface area contributed by atoms with Gasteiger partial charge < -0.3 is 10.2 Å². The SMILES string of the molecule is CC1(C)CCC[C@@]2(C)C1CC[C@@](C)(O)[C@@H]2C(=O)O. The maximum Gasteiger partial charge on any atom is 0.309 e. The van der Waals surface area contributed by atoms with E-state index in [1.807, 2.05) is 0 Å². The maximum absolute atomic E-state index is 11.7. The molecule has 0 aromatic heterocycles. The summed E-state index contributed by atoms with van der Waals surface area (Å²) in [6.07, 6.45) is 4.71. The molecule has 1 unspecified atom stereocenters. The zero-order valence-electron chi connectivity index (χ0n) is 12.0. The highest BCUT2D eigenvalue weighted by Gasteiger charge is 2.60. The van der Waals surface area contributed by atoms with Crippen LogP contribution in [-0.4, -0.2) is 21.8 Å². The van der Waals surface area contributed by atoms with Crippen molar-refractivity contribution in [1.82, 2.24) is 0 Å². The molecular formula is C15H26O3. The number of carboxylic acid groups (broad SMARTS) is 1. The molecule has 0 heterocycles. The van der Waals surface area contributed by atoms with Crippen LogP contribution in [0.25, 0.3) is 0 Å². The lowest BCUT2D eigenvalue weighted by molar-refractivity contribution is -0.192. The zero-order valence-corrected chi connectivity index (χ0v) is 12.0. The van der Waals surface area contributed by atoms with Crippen molar-refractivity contribution >= 4 is 5.97 Å². The number of fused-ring (bicyclic) bond motifs is 1. The van der Waals surface area contributed by atoms with Gasteiger partial charge in [-0.2, -0.15) is 0 Å². The molecule has 2 aliphatic carbocycles. The summed E-state index contributed by atoms with van der Waals surface area (Å²) in [5.74, 6) is -1.06. The van der Waals surface area contributed by atoms with E-state index in [1.54, 1.807) is 6.92 Å². The van der Waals surface area contributed by atoms with E-state index in [1.165, 1.54) is 6.42 Å². The van der Waals surface area contributed by atoms with Crippen LogP contribution in [0.1, 0.15) is 59.8 Å².